The van der Waals surface area contributed by atoms with Gasteiger partial charge in [0.25, 0.3) is 0 Å². The van der Waals surface area contributed by atoms with Gasteiger partial charge in [0, 0.05) is 24.0 Å². The van der Waals surface area contributed by atoms with Crippen LogP contribution in [0.5, 0.6) is 5.75 Å². The molecule has 0 aliphatic heterocycles. The molecular formula is C22H18F3N5O3. The number of nitrogens with zero attached hydrogens (tertiary/aromatic N) is 4. The molecule has 2 heterocycles. The van der Waals surface area contributed by atoms with Crippen molar-refractivity contribution in [2.75, 3.05) is 12.4 Å². The Balaban J connectivity index is 1.62. The first kappa shape index (κ1) is 21.9. The van der Waals surface area contributed by atoms with E-state index in [1.165, 1.54) is 13.2 Å². The van der Waals surface area contributed by atoms with Crippen LogP contribution >= 0.6 is 0 Å². The van der Waals surface area contributed by atoms with E-state index in [0.717, 1.165) is 28.2 Å². The molecule has 33 heavy (non-hydrogen) atoms. The SMILES string of the molecule is COc1cc(Nc2cc(C(=O)O)n(Cc3cc(F)c(F)c(F)c3)n2)ccc1-n1cnc(C)c1. The number of carboxylic acids is 1. The van der Waals surface area contributed by atoms with Gasteiger partial charge in [-0.3, -0.25) is 4.68 Å². The number of carbonyl (C=O) groups is 1. The summed E-state index contributed by atoms with van der Waals surface area (Å²) in [6.45, 7) is 1.59. The number of aromatic nitrogens is 4. The van der Waals surface area contributed by atoms with Crippen LogP contribution in [-0.2, 0) is 6.54 Å². The normalized spacial score (nSPS) is 10.9. The van der Waals surface area contributed by atoms with Gasteiger partial charge in [0.15, 0.2) is 23.3 Å². The quantitative estimate of drug-likeness (QED) is 0.402. The van der Waals surface area contributed by atoms with E-state index in [1.54, 1.807) is 29.1 Å². The molecule has 0 aliphatic carbocycles. The van der Waals surface area contributed by atoms with Gasteiger partial charge in [0.1, 0.15) is 11.4 Å². The fourth-order valence-corrected chi connectivity index (χ4v) is 3.31. The molecule has 0 fully saturated rings. The van der Waals surface area contributed by atoms with Gasteiger partial charge < -0.3 is 19.7 Å². The molecule has 2 N–H and O–H groups in total. The molecule has 0 atom stereocenters. The summed E-state index contributed by atoms with van der Waals surface area (Å²) >= 11 is 0. The summed E-state index contributed by atoms with van der Waals surface area (Å²) in [6.07, 6.45) is 3.50. The average Bonchev–Trinajstić information content (AvgIpc) is 3.38. The molecule has 0 spiro atoms. The number of methoxy groups -OCH3 is 1. The van der Waals surface area contributed by atoms with Crippen LogP contribution < -0.4 is 10.1 Å². The van der Waals surface area contributed by atoms with E-state index >= 15 is 0 Å². The molecule has 0 radical (unpaired) electrons. The molecule has 170 valence electrons. The Kier molecular flexibility index (Phi) is 5.78. The third kappa shape index (κ3) is 4.52. The summed E-state index contributed by atoms with van der Waals surface area (Å²) in [7, 11) is 1.52. The number of benzene rings is 2. The summed E-state index contributed by atoms with van der Waals surface area (Å²) in [5.74, 6) is -4.90. The van der Waals surface area contributed by atoms with Crippen LogP contribution in [0.2, 0.25) is 0 Å². The molecule has 0 unspecified atom stereocenters. The second-order valence-electron chi connectivity index (χ2n) is 7.19. The minimum absolute atomic E-state index is 0.0187. The fraction of sp³-hybridized carbons (Fsp3) is 0.136. The van der Waals surface area contributed by atoms with Crippen LogP contribution in [0.1, 0.15) is 21.7 Å². The van der Waals surface area contributed by atoms with Crippen molar-refractivity contribution in [1.29, 1.82) is 0 Å². The largest absolute Gasteiger partial charge is 0.494 e. The molecule has 0 saturated heterocycles. The summed E-state index contributed by atoms with van der Waals surface area (Å²) in [4.78, 5) is 15.8. The fourth-order valence-electron chi connectivity index (χ4n) is 3.31. The molecule has 0 aliphatic rings. The van der Waals surface area contributed by atoms with Crippen LogP contribution in [0.25, 0.3) is 5.69 Å². The second kappa shape index (κ2) is 8.69. The molecule has 0 bridgehead atoms. The molecule has 4 rings (SSSR count). The van der Waals surface area contributed by atoms with Gasteiger partial charge in [-0.1, -0.05) is 0 Å². The Labute approximate surface area is 185 Å². The Morgan fingerprint density at radius 1 is 1.15 bits per heavy atom. The summed E-state index contributed by atoms with van der Waals surface area (Å²) in [5, 5.41) is 16.7. The number of hydrogen-bond acceptors (Lipinski definition) is 5. The zero-order chi connectivity index (χ0) is 23.7. The number of ether oxygens (including phenoxy) is 1. The number of aryl methyl sites for hydroxylation is 1. The van der Waals surface area contributed by atoms with Crippen molar-refractivity contribution in [2.45, 2.75) is 13.5 Å². The number of anilines is 2. The maximum Gasteiger partial charge on any atom is 0.354 e. The molecule has 11 heteroatoms. The third-order valence-corrected chi connectivity index (χ3v) is 4.82. The number of carboxylic acid groups (broad SMARTS) is 1. The lowest BCUT2D eigenvalue weighted by Crippen LogP contribution is -2.11. The summed E-state index contributed by atoms with van der Waals surface area (Å²) in [6, 6.07) is 8.10. The third-order valence-electron chi connectivity index (χ3n) is 4.82. The first-order valence-electron chi connectivity index (χ1n) is 9.65. The van der Waals surface area contributed by atoms with Crippen LogP contribution in [0, 0.1) is 24.4 Å². The minimum atomic E-state index is -1.59. The zero-order valence-corrected chi connectivity index (χ0v) is 17.5. The number of hydrogen-bond donors (Lipinski definition) is 2. The van der Waals surface area contributed by atoms with Gasteiger partial charge >= 0.3 is 5.97 Å². The smallest absolute Gasteiger partial charge is 0.354 e. The maximum atomic E-state index is 13.5. The van der Waals surface area contributed by atoms with Crippen molar-refractivity contribution >= 4 is 17.5 Å². The van der Waals surface area contributed by atoms with Crippen molar-refractivity contribution in [1.82, 2.24) is 19.3 Å². The molecule has 0 amide bonds. The highest BCUT2D eigenvalue weighted by molar-refractivity contribution is 5.87. The molecule has 0 saturated carbocycles. The van der Waals surface area contributed by atoms with Crippen molar-refractivity contribution in [3.63, 3.8) is 0 Å². The lowest BCUT2D eigenvalue weighted by molar-refractivity contribution is 0.0684. The van der Waals surface area contributed by atoms with E-state index in [1.807, 2.05) is 13.1 Å². The molecule has 2 aromatic heterocycles. The topological polar surface area (TPSA) is 94.2 Å². The average molecular weight is 457 g/mol. The molecular weight excluding hydrogens is 439 g/mol. The molecule has 8 nitrogen and oxygen atoms in total. The highest BCUT2D eigenvalue weighted by atomic mass is 19.2. The van der Waals surface area contributed by atoms with E-state index in [-0.39, 0.29) is 23.6 Å². The molecule has 4 aromatic rings. The zero-order valence-electron chi connectivity index (χ0n) is 17.5. The lowest BCUT2D eigenvalue weighted by atomic mass is 10.2. The summed E-state index contributed by atoms with van der Waals surface area (Å²) < 4.78 is 48.6. The Hall–Kier alpha value is -4.28. The maximum absolute atomic E-state index is 13.5. The lowest BCUT2D eigenvalue weighted by Gasteiger charge is -2.11. The number of halogens is 3. The Morgan fingerprint density at radius 3 is 2.48 bits per heavy atom. The van der Waals surface area contributed by atoms with Crippen molar-refractivity contribution < 1.29 is 27.8 Å². The van der Waals surface area contributed by atoms with Gasteiger partial charge in [0.2, 0.25) is 0 Å². The van der Waals surface area contributed by atoms with E-state index in [2.05, 4.69) is 15.4 Å². The van der Waals surface area contributed by atoms with Gasteiger partial charge in [-0.05, 0) is 36.8 Å². The van der Waals surface area contributed by atoms with Crippen molar-refractivity contribution in [2.24, 2.45) is 0 Å². The second-order valence-corrected chi connectivity index (χ2v) is 7.19. The first-order chi connectivity index (χ1) is 15.7. The van der Waals surface area contributed by atoms with Crippen molar-refractivity contribution in [3.05, 3.63) is 83.3 Å². The Bertz CT molecular complexity index is 1330. The number of rotatable bonds is 7. The van der Waals surface area contributed by atoms with Crippen LogP contribution in [0.15, 0.2) is 48.9 Å². The van der Waals surface area contributed by atoms with Gasteiger partial charge in [-0.25, -0.2) is 22.9 Å². The monoisotopic (exact) mass is 457 g/mol. The van der Waals surface area contributed by atoms with Gasteiger partial charge in [0.05, 0.1) is 31.4 Å². The Morgan fingerprint density at radius 2 is 1.88 bits per heavy atom. The van der Waals surface area contributed by atoms with Crippen LogP contribution in [-0.4, -0.2) is 37.5 Å². The minimum Gasteiger partial charge on any atom is -0.494 e. The van der Waals surface area contributed by atoms with Crippen LogP contribution in [0.3, 0.4) is 0 Å². The predicted molar refractivity (Wildman–Crippen MR) is 113 cm³/mol. The van der Waals surface area contributed by atoms with Crippen LogP contribution in [0.4, 0.5) is 24.7 Å². The summed E-state index contributed by atoms with van der Waals surface area (Å²) in [5.41, 5.74) is 1.95. The molecule has 2 aromatic carbocycles. The predicted octanol–water partition coefficient (Wildman–Crippen LogP) is 4.29. The van der Waals surface area contributed by atoms with Gasteiger partial charge in [-0.15, -0.1) is 0 Å². The van der Waals surface area contributed by atoms with Crippen molar-refractivity contribution in [3.8, 4) is 11.4 Å². The van der Waals surface area contributed by atoms with E-state index < -0.39 is 23.4 Å². The van der Waals surface area contributed by atoms with E-state index in [4.69, 9.17) is 4.74 Å². The highest BCUT2D eigenvalue weighted by Crippen LogP contribution is 2.28. The number of aromatic carboxylic acids is 1. The first-order valence-corrected chi connectivity index (χ1v) is 9.65. The number of nitrogens with one attached hydrogen (secondary N) is 1. The van der Waals surface area contributed by atoms with E-state index in [9.17, 15) is 23.1 Å². The highest BCUT2D eigenvalue weighted by Gasteiger charge is 2.17. The number of imidazole rings is 1. The standard InChI is InChI=1S/C22H18F3N5O3/c1-12-9-29(11-26-12)17-4-3-14(7-19(17)33-2)27-20-8-18(22(31)32)30(28-20)10-13-5-15(23)21(25)16(24)6-13/h3-9,11H,10H2,1-2H3,(H,27,28)(H,31,32). The van der Waals surface area contributed by atoms with E-state index in [0.29, 0.717) is 11.4 Å². The van der Waals surface area contributed by atoms with Gasteiger partial charge in [-0.2, -0.15) is 5.10 Å².